The van der Waals surface area contributed by atoms with Crippen LogP contribution in [0.25, 0.3) is 0 Å². The smallest absolute Gasteiger partial charge is 0.258 e. The van der Waals surface area contributed by atoms with Crippen molar-refractivity contribution < 1.29 is 28.5 Å². The number of fused-ring (bicyclic) bond motifs is 1. The fourth-order valence-corrected chi connectivity index (χ4v) is 4.44. The van der Waals surface area contributed by atoms with E-state index in [9.17, 15) is 9.59 Å². The van der Waals surface area contributed by atoms with Gasteiger partial charge in [-0.25, -0.2) is 0 Å². The van der Waals surface area contributed by atoms with Gasteiger partial charge in [0.1, 0.15) is 5.75 Å². The van der Waals surface area contributed by atoms with Crippen LogP contribution in [0.5, 0.6) is 23.0 Å². The lowest BCUT2D eigenvalue weighted by Gasteiger charge is -2.23. The average Bonchev–Trinajstić information content (AvgIpc) is 3.25. The number of ether oxygens (including phenoxy) is 4. The Morgan fingerprint density at radius 1 is 0.861 bits per heavy atom. The van der Waals surface area contributed by atoms with Crippen molar-refractivity contribution in [1.82, 2.24) is 5.32 Å². The number of rotatable bonds is 8. The monoisotopic (exact) mass is 490 g/mol. The van der Waals surface area contributed by atoms with Crippen LogP contribution in [0.3, 0.4) is 0 Å². The summed E-state index contributed by atoms with van der Waals surface area (Å²) in [7, 11) is 6.11. The predicted molar refractivity (Wildman–Crippen MR) is 137 cm³/mol. The number of amides is 2. The van der Waals surface area contributed by atoms with E-state index in [1.165, 1.54) is 21.3 Å². The lowest BCUT2D eigenvalue weighted by Crippen LogP contribution is -2.35. The van der Waals surface area contributed by atoms with E-state index < -0.39 is 0 Å². The highest BCUT2D eigenvalue weighted by atomic mass is 16.5. The van der Waals surface area contributed by atoms with Crippen molar-refractivity contribution in [3.63, 3.8) is 0 Å². The third-order valence-electron chi connectivity index (χ3n) is 6.30. The summed E-state index contributed by atoms with van der Waals surface area (Å²) in [5.74, 6) is 1.58. The molecule has 0 radical (unpaired) electrons. The van der Waals surface area contributed by atoms with E-state index in [0.717, 1.165) is 23.2 Å². The summed E-state index contributed by atoms with van der Waals surface area (Å²) in [6.07, 6.45) is 0.773. The first kappa shape index (κ1) is 24.9. The molecule has 0 aliphatic carbocycles. The Balaban J connectivity index is 1.52. The van der Waals surface area contributed by atoms with Gasteiger partial charge in [-0.2, -0.15) is 0 Å². The zero-order chi connectivity index (χ0) is 25.8. The summed E-state index contributed by atoms with van der Waals surface area (Å²) in [4.78, 5) is 28.1. The molecular formula is C28H30N2O6. The molecule has 8 nitrogen and oxygen atoms in total. The van der Waals surface area contributed by atoms with Crippen LogP contribution in [0.15, 0.2) is 54.6 Å². The second-order valence-electron chi connectivity index (χ2n) is 8.52. The SMILES string of the molecule is COc1ccc(C(=O)N2c3cc(CNC(=O)c4cc(OC)c(OC)c(OC)c4)ccc3C[C@H]2C)cc1. The number of carbonyl (C=O) groups excluding carboxylic acids is 2. The van der Waals surface area contributed by atoms with Gasteiger partial charge in [0.15, 0.2) is 11.5 Å². The van der Waals surface area contributed by atoms with Gasteiger partial charge in [0.25, 0.3) is 11.8 Å². The standard InChI is InChI=1S/C28H30N2O6/c1-17-12-20-7-6-18(13-23(20)30(17)28(32)19-8-10-22(33-2)11-9-19)16-29-27(31)21-14-24(34-3)26(36-5)25(15-21)35-4/h6-11,13-15,17H,12,16H2,1-5H3,(H,29,31)/t17-/m1/s1. The number of nitrogens with one attached hydrogen (secondary N) is 1. The van der Waals surface area contributed by atoms with Gasteiger partial charge in [-0.05, 0) is 66.9 Å². The van der Waals surface area contributed by atoms with E-state index in [1.807, 2.05) is 30.0 Å². The molecule has 8 heteroatoms. The van der Waals surface area contributed by atoms with Crippen molar-refractivity contribution in [3.8, 4) is 23.0 Å². The maximum Gasteiger partial charge on any atom is 0.258 e. The highest BCUT2D eigenvalue weighted by Gasteiger charge is 2.31. The maximum absolute atomic E-state index is 13.3. The summed E-state index contributed by atoms with van der Waals surface area (Å²) >= 11 is 0. The molecule has 36 heavy (non-hydrogen) atoms. The first-order valence-electron chi connectivity index (χ1n) is 11.6. The van der Waals surface area contributed by atoms with E-state index in [0.29, 0.717) is 40.7 Å². The van der Waals surface area contributed by atoms with Crippen molar-refractivity contribution in [2.24, 2.45) is 0 Å². The largest absolute Gasteiger partial charge is 0.497 e. The highest BCUT2D eigenvalue weighted by molar-refractivity contribution is 6.08. The van der Waals surface area contributed by atoms with Crippen LogP contribution in [-0.4, -0.2) is 46.3 Å². The van der Waals surface area contributed by atoms with Gasteiger partial charge in [0, 0.05) is 29.4 Å². The first-order chi connectivity index (χ1) is 17.4. The maximum atomic E-state index is 13.3. The molecule has 0 saturated carbocycles. The summed E-state index contributed by atoms with van der Waals surface area (Å²) in [6.45, 7) is 2.33. The number of nitrogens with zero attached hydrogens (tertiary/aromatic N) is 1. The van der Waals surface area contributed by atoms with Gasteiger partial charge in [-0.15, -0.1) is 0 Å². The molecule has 3 aromatic carbocycles. The summed E-state index contributed by atoms with van der Waals surface area (Å²) in [6, 6.07) is 16.3. The van der Waals surface area contributed by atoms with Crippen molar-refractivity contribution in [2.45, 2.75) is 25.9 Å². The van der Waals surface area contributed by atoms with Gasteiger partial charge < -0.3 is 29.2 Å². The molecule has 0 aromatic heterocycles. The Hall–Kier alpha value is -4.20. The molecule has 3 aromatic rings. The van der Waals surface area contributed by atoms with Crippen molar-refractivity contribution >= 4 is 17.5 Å². The van der Waals surface area contributed by atoms with Crippen LogP contribution in [0.2, 0.25) is 0 Å². The first-order valence-corrected chi connectivity index (χ1v) is 11.6. The molecule has 1 atom stereocenters. The summed E-state index contributed by atoms with van der Waals surface area (Å²) in [5, 5.41) is 2.94. The minimum Gasteiger partial charge on any atom is -0.497 e. The lowest BCUT2D eigenvalue weighted by atomic mass is 10.1. The molecule has 1 aliphatic rings. The molecule has 1 aliphatic heterocycles. The third kappa shape index (κ3) is 4.79. The van der Waals surface area contributed by atoms with E-state index in [-0.39, 0.29) is 17.9 Å². The molecule has 0 spiro atoms. The summed E-state index contributed by atoms with van der Waals surface area (Å²) < 4.78 is 21.2. The third-order valence-corrected chi connectivity index (χ3v) is 6.30. The Morgan fingerprint density at radius 3 is 2.11 bits per heavy atom. The minimum atomic E-state index is -0.283. The van der Waals surface area contributed by atoms with Gasteiger partial charge in [0.05, 0.1) is 28.4 Å². The zero-order valence-electron chi connectivity index (χ0n) is 21.1. The number of hydrogen-bond donors (Lipinski definition) is 1. The van der Waals surface area contributed by atoms with Crippen LogP contribution in [-0.2, 0) is 13.0 Å². The Kier molecular flexibility index (Phi) is 7.33. The molecule has 0 saturated heterocycles. The Morgan fingerprint density at radius 2 is 1.53 bits per heavy atom. The van der Waals surface area contributed by atoms with E-state index >= 15 is 0 Å². The number of methoxy groups -OCH3 is 4. The van der Waals surface area contributed by atoms with Crippen molar-refractivity contribution in [1.29, 1.82) is 0 Å². The molecule has 188 valence electrons. The lowest BCUT2D eigenvalue weighted by molar-refractivity contribution is 0.0947. The average molecular weight is 491 g/mol. The minimum absolute atomic E-state index is 0.0265. The van der Waals surface area contributed by atoms with Crippen LogP contribution in [0.4, 0.5) is 5.69 Å². The van der Waals surface area contributed by atoms with Gasteiger partial charge in [-0.3, -0.25) is 9.59 Å². The number of carbonyl (C=O) groups is 2. The Labute approximate surface area is 210 Å². The quantitative estimate of drug-likeness (QED) is 0.508. The fraction of sp³-hybridized carbons (Fsp3) is 0.286. The molecule has 4 rings (SSSR count). The van der Waals surface area contributed by atoms with Crippen LogP contribution < -0.4 is 29.2 Å². The second-order valence-corrected chi connectivity index (χ2v) is 8.52. The zero-order valence-corrected chi connectivity index (χ0v) is 21.1. The van der Waals surface area contributed by atoms with Crippen molar-refractivity contribution in [2.75, 3.05) is 33.3 Å². The molecule has 1 N–H and O–H groups in total. The topological polar surface area (TPSA) is 86.3 Å². The normalized spacial score (nSPS) is 14.1. The Bertz CT molecular complexity index is 1250. The molecule has 0 unspecified atom stereocenters. The van der Waals surface area contributed by atoms with Gasteiger partial charge in [0.2, 0.25) is 5.75 Å². The van der Waals surface area contributed by atoms with Gasteiger partial charge in [-0.1, -0.05) is 12.1 Å². The fourth-order valence-electron chi connectivity index (χ4n) is 4.44. The molecule has 0 bridgehead atoms. The summed E-state index contributed by atoms with van der Waals surface area (Å²) in [5.41, 5.74) is 3.83. The highest BCUT2D eigenvalue weighted by Crippen LogP contribution is 2.38. The number of anilines is 1. The molecule has 0 fully saturated rings. The number of hydrogen-bond acceptors (Lipinski definition) is 6. The second kappa shape index (κ2) is 10.6. The molecule has 1 heterocycles. The van der Waals surface area contributed by atoms with Crippen LogP contribution in [0.1, 0.15) is 38.8 Å². The van der Waals surface area contributed by atoms with E-state index in [2.05, 4.69) is 5.32 Å². The van der Waals surface area contributed by atoms with Crippen molar-refractivity contribution in [3.05, 3.63) is 76.9 Å². The van der Waals surface area contributed by atoms with Crippen LogP contribution >= 0.6 is 0 Å². The van der Waals surface area contributed by atoms with Gasteiger partial charge >= 0.3 is 0 Å². The van der Waals surface area contributed by atoms with Crippen LogP contribution in [0, 0.1) is 0 Å². The molecule has 2 amide bonds. The van der Waals surface area contributed by atoms with E-state index in [4.69, 9.17) is 18.9 Å². The number of benzene rings is 3. The predicted octanol–water partition coefficient (Wildman–Crippen LogP) is 4.24. The van der Waals surface area contributed by atoms with E-state index in [1.54, 1.807) is 43.5 Å². The molecular weight excluding hydrogens is 460 g/mol.